The van der Waals surface area contributed by atoms with Crippen molar-refractivity contribution in [3.8, 4) is 28.6 Å². The Morgan fingerprint density at radius 1 is 0.845 bits per heavy atom. The summed E-state index contributed by atoms with van der Waals surface area (Å²) in [7, 11) is 0. The molecule has 12 heteroatoms. The number of nitrogens with zero attached hydrogens (tertiary/aromatic N) is 4. The van der Waals surface area contributed by atoms with Crippen LogP contribution in [0.25, 0.3) is 11.1 Å². The monoisotopic (exact) mass is 785 g/mol. The second kappa shape index (κ2) is 17.2. The van der Waals surface area contributed by atoms with Gasteiger partial charge in [-0.2, -0.15) is 4.98 Å². The van der Waals surface area contributed by atoms with Crippen molar-refractivity contribution < 1.29 is 28.3 Å². The minimum Gasteiger partial charge on any atom is -0.484 e. The molecule has 3 aliphatic rings. The first kappa shape index (κ1) is 38.8. The zero-order valence-corrected chi connectivity index (χ0v) is 32.8. The third kappa shape index (κ3) is 8.77. The summed E-state index contributed by atoms with van der Waals surface area (Å²) in [5.41, 5.74) is 4.88. The van der Waals surface area contributed by atoms with Gasteiger partial charge in [-0.15, -0.1) is 0 Å². The first-order chi connectivity index (χ1) is 28.2. The lowest BCUT2D eigenvalue weighted by Gasteiger charge is -2.42. The number of nitro benzene ring substituents is 1. The molecule has 1 saturated carbocycles. The molecule has 0 atom stereocenters. The van der Waals surface area contributed by atoms with Crippen LogP contribution in [-0.4, -0.2) is 58.5 Å². The number of nitro groups is 1. The highest BCUT2D eigenvalue weighted by Gasteiger charge is 2.38. The number of aromatic nitrogens is 1. The number of anilines is 1. The quantitative estimate of drug-likeness (QED) is 0.0821. The van der Waals surface area contributed by atoms with Crippen molar-refractivity contribution in [3.05, 3.63) is 141 Å². The molecule has 8 rings (SSSR count). The largest absolute Gasteiger partial charge is 0.484 e. The maximum Gasteiger partial charge on any atom is 0.311 e. The minimum atomic E-state index is -0.445. The van der Waals surface area contributed by atoms with Gasteiger partial charge in [0.05, 0.1) is 11.0 Å². The van der Waals surface area contributed by atoms with Crippen LogP contribution in [0.4, 0.5) is 15.8 Å². The van der Waals surface area contributed by atoms with Gasteiger partial charge < -0.3 is 29.3 Å². The van der Waals surface area contributed by atoms with Gasteiger partial charge in [-0.1, -0.05) is 60.7 Å². The smallest absolute Gasteiger partial charge is 0.311 e. The molecule has 0 unspecified atom stereocenters. The molecule has 5 aromatic rings. The minimum absolute atomic E-state index is 0.0792. The van der Waals surface area contributed by atoms with Crippen LogP contribution in [0.15, 0.2) is 103 Å². The molecule has 0 spiro atoms. The second-order valence-corrected chi connectivity index (χ2v) is 15.7. The highest BCUT2D eigenvalue weighted by molar-refractivity contribution is 5.99. The van der Waals surface area contributed by atoms with Crippen molar-refractivity contribution in [2.24, 2.45) is 5.92 Å². The Balaban J connectivity index is 0.836. The van der Waals surface area contributed by atoms with Crippen LogP contribution in [0.1, 0.15) is 66.6 Å². The highest BCUT2D eigenvalue weighted by atomic mass is 19.1. The fraction of sp³-hybridized carbons (Fsp3) is 0.348. The number of carbonyl (C=O) groups is 1. The van der Waals surface area contributed by atoms with Crippen molar-refractivity contribution in [2.45, 2.75) is 77.5 Å². The average molecular weight is 786 g/mol. The van der Waals surface area contributed by atoms with Crippen LogP contribution in [-0.2, 0) is 19.8 Å². The number of carbonyl (C=O) groups excluding carboxylic acids is 1. The Bertz CT molecular complexity index is 2240. The summed E-state index contributed by atoms with van der Waals surface area (Å²) in [6.07, 6.45) is 3.39. The van der Waals surface area contributed by atoms with Gasteiger partial charge in [0.1, 0.15) is 19.0 Å². The topological polar surface area (TPSA) is 119 Å². The molecule has 300 valence electrons. The van der Waals surface area contributed by atoms with Gasteiger partial charge in [0.15, 0.2) is 5.75 Å². The lowest BCUT2D eigenvalue weighted by Crippen LogP contribution is -2.52. The first-order valence-electron chi connectivity index (χ1n) is 20.1. The third-order valence-electron chi connectivity index (χ3n) is 11.3. The Kier molecular flexibility index (Phi) is 11.5. The molecular formula is C46H48FN5O6. The molecule has 4 aromatic carbocycles. The van der Waals surface area contributed by atoms with Crippen molar-refractivity contribution in [1.29, 1.82) is 0 Å². The summed E-state index contributed by atoms with van der Waals surface area (Å²) >= 11 is 0. The number of hydrogen-bond acceptors (Lipinski definition) is 9. The van der Waals surface area contributed by atoms with Crippen molar-refractivity contribution in [2.75, 3.05) is 24.5 Å². The van der Waals surface area contributed by atoms with E-state index in [0.717, 1.165) is 62.1 Å². The van der Waals surface area contributed by atoms with Crippen LogP contribution >= 0.6 is 0 Å². The molecule has 2 fully saturated rings. The van der Waals surface area contributed by atoms with Crippen LogP contribution in [0.5, 0.6) is 17.5 Å². The zero-order valence-electron chi connectivity index (χ0n) is 32.8. The fourth-order valence-electron chi connectivity index (χ4n) is 8.17. The van der Waals surface area contributed by atoms with E-state index >= 15 is 4.39 Å². The predicted molar refractivity (Wildman–Crippen MR) is 220 cm³/mol. The molecule has 0 radical (unpaired) electrons. The van der Waals surface area contributed by atoms with E-state index in [2.05, 4.69) is 15.2 Å². The van der Waals surface area contributed by atoms with E-state index in [1.165, 1.54) is 6.07 Å². The Labute approximate surface area is 337 Å². The number of benzene rings is 4. The molecule has 1 N–H and O–H groups in total. The zero-order chi connectivity index (χ0) is 40.2. The lowest BCUT2D eigenvalue weighted by atomic mass is 9.89. The Morgan fingerprint density at radius 3 is 2.17 bits per heavy atom. The maximum absolute atomic E-state index is 15.9. The fourth-order valence-corrected chi connectivity index (χ4v) is 8.17. The van der Waals surface area contributed by atoms with Gasteiger partial charge in [-0.05, 0) is 80.5 Å². The Morgan fingerprint density at radius 2 is 1.52 bits per heavy atom. The summed E-state index contributed by atoms with van der Waals surface area (Å²) in [6.45, 7) is 7.16. The van der Waals surface area contributed by atoms with E-state index in [-0.39, 0.29) is 41.9 Å². The van der Waals surface area contributed by atoms with Gasteiger partial charge in [0.25, 0.3) is 5.91 Å². The van der Waals surface area contributed by atoms with E-state index < -0.39 is 4.92 Å². The van der Waals surface area contributed by atoms with E-state index in [1.54, 1.807) is 44.2 Å². The van der Waals surface area contributed by atoms with Crippen molar-refractivity contribution >= 4 is 17.3 Å². The van der Waals surface area contributed by atoms with Gasteiger partial charge in [0, 0.05) is 84.8 Å². The SMILES string of the molecule is CC(C)Oc1cc2c(cc1[N+](=O)[O-])CN(C1CCC(NCC3CN(c4ccc(-c5ccc(OCc6ccccc6)nc5OCc5ccccc5)c(F)c4)C3)CC1)C2=O. The highest BCUT2D eigenvalue weighted by Crippen LogP contribution is 2.39. The number of amides is 1. The number of ether oxygens (including phenoxy) is 3. The van der Waals surface area contributed by atoms with E-state index in [1.807, 2.05) is 71.6 Å². The summed E-state index contributed by atoms with van der Waals surface area (Å²) in [5, 5.41) is 15.5. The molecule has 11 nitrogen and oxygen atoms in total. The number of halogens is 1. The number of fused-ring (bicyclic) bond motifs is 1. The van der Waals surface area contributed by atoms with Gasteiger partial charge in [-0.25, -0.2) is 4.39 Å². The molecule has 0 bridgehead atoms. The summed E-state index contributed by atoms with van der Waals surface area (Å²) < 4.78 is 33.8. The van der Waals surface area contributed by atoms with Crippen LogP contribution < -0.4 is 24.4 Å². The molecule has 58 heavy (non-hydrogen) atoms. The molecule has 1 amide bonds. The number of pyridine rings is 1. The predicted octanol–water partition coefficient (Wildman–Crippen LogP) is 8.73. The molecule has 1 saturated heterocycles. The van der Waals surface area contributed by atoms with Crippen LogP contribution in [0.2, 0.25) is 0 Å². The molecular weight excluding hydrogens is 738 g/mol. The van der Waals surface area contributed by atoms with Gasteiger partial charge >= 0.3 is 5.69 Å². The molecule has 2 aliphatic heterocycles. The second-order valence-electron chi connectivity index (χ2n) is 15.7. The average Bonchev–Trinajstić information content (AvgIpc) is 3.54. The first-order valence-corrected chi connectivity index (χ1v) is 20.1. The molecule has 1 aromatic heterocycles. The number of nitrogens with one attached hydrogen (secondary N) is 1. The number of hydrogen-bond donors (Lipinski definition) is 1. The van der Waals surface area contributed by atoms with E-state index in [9.17, 15) is 14.9 Å². The van der Waals surface area contributed by atoms with Crippen LogP contribution in [0.3, 0.4) is 0 Å². The summed E-state index contributed by atoms with van der Waals surface area (Å²) in [5.74, 6) is 0.863. The number of rotatable bonds is 15. The maximum atomic E-state index is 15.9. The third-order valence-corrected chi connectivity index (χ3v) is 11.3. The Hall–Kier alpha value is -6.01. The summed E-state index contributed by atoms with van der Waals surface area (Å²) in [6, 6.07) is 32.1. The van der Waals surface area contributed by atoms with E-state index in [4.69, 9.17) is 14.2 Å². The van der Waals surface area contributed by atoms with Crippen molar-refractivity contribution in [1.82, 2.24) is 15.2 Å². The van der Waals surface area contributed by atoms with Gasteiger partial charge in [0.2, 0.25) is 11.8 Å². The van der Waals surface area contributed by atoms with Gasteiger partial charge in [-0.3, -0.25) is 14.9 Å². The molecule has 3 heterocycles. The van der Waals surface area contributed by atoms with E-state index in [0.29, 0.717) is 59.1 Å². The van der Waals surface area contributed by atoms with Crippen LogP contribution in [0, 0.1) is 21.8 Å². The normalized spacial score (nSPS) is 17.9. The summed E-state index contributed by atoms with van der Waals surface area (Å²) in [4.78, 5) is 33.4. The lowest BCUT2D eigenvalue weighted by molar-refractivity contribution is -0.386. The standard InChI is InChI=1S/C46H48FN5O6/c1-30(2)58-43-23-40-34(21-42(43)52(54)55)27-51(46(40)53)36-15-13-35(14-16-36)48-24-33-25-50(26-33)37-17-18-38(41(47)22-37)39-19-20-44(56-28-31-9-5-3-6-10-31)49-45(39)57-29-32-11-7-4-8-12-32/h3-12,17-23,30,33,35-36,48H,13-16,24-29H2,1-2H3. The van der Waals surface area contributed by atoms with Crippen molar-refractivity contribution in [3.63, 3.8) is 0 Å². The molecule has 1 aliphatic carbocycles.